The molecular formula is C11H16N2O5. The Hall–Kier alpha value is -1.79. The minimum atomic E-state index is -1.02. The van der Waals surface area contributed by atoms with Gasteiger partial charge in [-0.25, -0.2) is 14.4 Å². The van der Waals surface area contributed by atoms with E-state index in [0.717, 1.165) is 0 Å². The highest BCUT2D eigenvalue weighted by molar-refractivity contribution is 5.87. The molecular weight excluding hydrogens is 240 g/mol. The van der Waals surface area contributed by atoms with Gasteiger partial charge in [-0.05, 0) is 25.7 Å². The number of carbonyl (C=O) groups excluding carboxylic acids is 1. The van der Waals surface area contributed by atoms with Gasteiger partial charge in [0.15, 0.2) is 0 Å². The molecule has 18 heavy (non-hydrogen) atoms. The van der Waals surface area contributed by atoms with Crippen LogP contribution in [-0.4, -0.2) is 63.2 Å². The maximum Gasteiger partial charge on any atom is 0.326 e. The molecule has 0 unspecified atom stereocenters. The zero-order chi connectivity index (χ0) is 13.3. The number of urea groups is 1. The highest BCUT2D eigenvalue weighted by atomic mass is 16.4. The zero-order valence-corrected chi connectivity index (χ0v) is 9.91. The first kappa shape index (κ1) is 12.7. The number of hydrogen-bond donors (Lipinski definition) is 2. The smallest absolute Gasteiger partial charge is 0.326 e. The molecule has 2 aliphatic heterocycles. The summed E-state index contributed by atoms with van der Waals surface area (Å²) in [5.41, 5.74) is 0. The van der Waals surface area contributed by atoms with Gasteiger partial charge in [0.25, 0.3) is 0 Å². The Morgan fingerprint density at radius 3 is 1.56 bits per heavy atom. The molecule has 2 N–H and O–H groups in total. The van der Waals surface area contributed by atoms with Gasteiger partial charge in [0, 0.05) is 13.1 Å². The Morgan fingerprint density at radius 2 is 1.22 bits per heavy atom. The topological polar surface area (TPSA) is 98.2 Å². The van der Waals surface area contributed by atoms with Gasteiger partial charge in [-0.1, -0.05) is 0 Å². The molecule has 0 aromatic carbocycles. The van der Waals surface area contributed by atoms with Gasteiger partial charge in [0.05, 0.1) is 0 Å². The molecule has 7 heteroatoms. The summed E-state index contributed by atoms with van der Waals surface area (Å²) in [5.74, 6) is -2.04. The molecule has 0 aromatic rings. The van der Waals surface area contributed by atoms with E-state index in [9.17, 15) is 14.4 Å². The van der Waals surface area contributed by atoms with Gasteiger partial charge in [-0.15, -0.1) is 0 Å². The third-order valence-corrected chi connectivity index (χ3v) is 3.57. The van der Waals surface area contributed by atoms with Crippen LogP contribution in [0.15, 0.2) is 0 Å². The molecule has 0 spiro atoms. The summed E-state index contributed by atoms with van der Waals surface area (Å²) < 4.78 is 0. The third-order valence-electron chi connectivity index (χ3n) is 3.57. The summed E-state index contributed by atoms with van der Waals surface area (Å²) in [6.07, 6.45) is 2.17. The fourth-order valence-corrected chi connectivity index (χ4v) is 2.67. The van der Waals surface area contributed by atoms with Crippen molar-refractivity contribution < 1.29 is 24.6 Å². The van der Waals surface area contributed by atoms with E-state index in [-0.39, 0.29) is 0 Å². The van der Waals surface area contributed by atoms with Crippen LogP contribution in [0, 0.1) is 0 Å². The van der Waals surface area contributed by atoms with Crippen LogP contribution in [-0.2, 0) is 9.59 Å². The molecule has 2 fully saturated rings. The summed E-state index contributed by atoms with van der Waals surface area (Å²) in [7, 11) is 0. The van der Waals surface area contributed by atoms with Crippen LogP contribution in [0.2, 0.25) is 0 Å². The average molecular weight is 256 g/mol. The van der Waals surface area contributed by atoms with Crippen LogP contribution >= 0.6 is 0 Å². The van der Waals surface area contributed by atoms with Crippen molar-refractivity contribution in [3.63, 3.8) is 0 Å². The molecule has 0 saturated carbocycles. The Labute approximate surface area is 104 Å². The van der Waals surface area contributed by atoms with Gasteiger partial charge < -0.3 is 20.0 Å². The second-order valence-electron chi connectivity index (χ2n) is 4.66. The van der Waals surface area contributed by atoms with E-state index in [2.05, 4.69) is 0 Å². The molecule has 2 atom stereocenters. The van der Waals surface area contributed by atoms with E-state index in [0.29, 0.717) is 38.8 Å². The van der Waals surface area contributed by atoms with Crippen molar-refractivity contribution in [3.05, 3.63) is 0 Å². The van der Waals surface area contributed by atoms with Crippen LogP contribution in [0.3, 0.4) is 0 Å². The van der Waals surface area contributed by atoms with E-state index < -0.39 is 30.1 Å². The summed E-state index contributed by atoms with van der Waals surface area (Å²) in [6.45, 7) is 0.775. The largest absolute Gasteiger partial charge is 0.480 e. The lowest BCUT2D eigenvalue weighted by atomic mass is 10.2. The van der Waals surface area contributed by atoms with Crippen molar-refractivity contribution in [2.75, 3.05) is 13.1 Å². The molecule has 7 nitrogen and oxygen atoms in total. The predicted molar refractivity (Wildman–Crippen MR) is 60.1 cm³/mol. The standard InChI is InChI=1S/C11H16N2O5/c14-9(15)7-3-1-5-12(7)11(18)13-6-2-4-8(13)10(16)17/h7-8H,1-6H2,(H,14,15)(H,16,17)/t7-,8-/m0/s1. The maximum absolute atomic E-state index is 12.2. The molecule has 0 radical (unpaired) electrons. The number of carboxylic acids is 2. The lowest BCUT2D eigenvalue weighted by molar-refractivity contribution is -0.141. The quantitative estimate of drug-likeness (QED) is 0.735. The number of carboxylic acid groups (broad SMARTS) is 2. The van der Waals surface area contributed by atoms with Crippen molar-refractivity contribution in [2.24, 2.45) is 0 Å². The highest BCUT2D eigenvalue weighted by Crippen LogP contribution is 2.24. The van der Waals surface area contributed by atoms with E-state index >= 15 is 0 Å². The van der Waals surface area contributed by atoms with E-state index in [1.807, 2.05) is 0 Å². The molecule has 2 saturated heterocycles. The second-order valence-corrected chi connectivity index (χ2v) is 4.66. The van der Waals surface area contributed by atoms with Gasteiger partial charge in [0.2, 0.25) is 0 Å². The predicted octanol–water partition coefficient (Wildman–Crippen LogP) is 0.204. The van der Waals surface area contributed by atoms with Crippen LogP contribution < -0.4 is 0 Å². The van der Waals surface area contributed by atoms with Gasteiger partial charge >= 0.3 is 18.0 Å². The maximum atomic E-state index is 12.2. The van der Waals surface area contributed by atoms with Crippen LogP contribution in [0.5, 0.6) is 0 Å². The molecule has 0 bridgehead atoms. The van der Waals surface area contributed by atoms with E-state index in [1.54, 1.807) is 0 Å². The monoisotopic (exact) mass is 256 g/mol. The third kappa shape index (κ3) is 2.12. The summed E-state index contributed by atoms with van der Waals surface area (Å²) in [5, 5.41) is 18.0. The Morgan fingerprint density at radius 1 is 0.833 bits per heavy atom. The Bertz CT molecular complexity index is 350. The lowest BCUT2D eigenvalue weighted by Gasteiger charge is -2.29. The number of amides is 2. The summed E-state index contributed by atoms with van der Waals surface area (Å²) in [4.78, 5) is 36.8. The normalized spacial score (nSPS) is 27.6. The van der Waals surface area contributed by atoms with E-state index in [4.69, 9.17) is 10.2 Å². The fourth-order valence-electron chi connectivity index (χ4n) is 2.67. The number of rotatable bonds is 2. The first-order chi connectivity index (χ1) is 8.52. The zero-order valence-electron chi connectivity index (χ0n) is 9.91. The first-order valence-corrected chi connectivity index (χ1v) is 6.05. The molecule has 2 amide bonds. The van der Waals surface area contributed by atoms with Gasteiger partial charge in [-0.2, -0.15) is 0 Å². The number of likely N-dealkylation sites (tertiary alicyclic amines) is 2. The van der Waals surface area contributed by atoms with Crippen molar-refractivity contribution in [2.45, 2.75) is 37.8 Å². The summed E-state index contributed by atoms with van der Waals surface area (Å²) in [6, 6.07) is -2.08. The summed E-state index contributed by atoms with van der Waals surface area (Å²) >= 11 is 0. The fraction of sp³-hybridized carbons (Fsp3) is 0.727. The SMILES string of the molecule is O=C(O)[C@@H]1CCCN1C(=O)N1CCC[C@H]1C(=O)O. The second kappa shape index (κ2) is 4.83. The Balaban J connectivity index is 2.11. The van der Waals surface area contributed by atoms with Crippen molar-refractivity contribution in [1.29, 1.82) is 0 Å². The highest BCUT2D eigenvalue weighted by Gasteiger charge is 2.41. The molecule has 100 valence electrons. The van der Waals surface area contributed by atoms with Crippen molar-refractivity contribution >= 4 is 18.0 Å². The number of carbonyl (C=O) groups is 3. The minimum Gasteiger partial charge on any atom is -0.480 e. The number of nitrogens with zero attached hydrogens (tertiary/aromatic N) is 2. The number of aliphatic carboxylic acids is 2. The molecule has 2 rings (SSSR count). The van der Waals surface area contributed by atoms with Crippen molar-refractivity contribution in [1.82, 2.24) is 9.80 Å². The lowest BCUT2D eigenvalue weighted by Crippen LogP contribution is -2.51. The molecule has 2 heterocycles. The van der Waals surface area contributed by atoms with Gasteiger partial charge in [0.1, 0.15) is 12.1 Å². The van der Waals surface area contributed by atoms with Gasteiger partial charge in [-0.3, -0.25) is 0 Å². The Kier molecular flexibility index (Phi) is 3.40. The first-order valence-electron chi connectivity index (χ1n) is 6.05. The van der Waals surface area contributed by atoms with Crippen LogP contribution in [0.4, 0.5) is 4.79 Å². The number of hydrogen-bond acceptors (Lipinski definition) is 3. The van der Waals surface area contributed by atoms with E-state index in [1.165, 1.54) is 9.80 Å². The minimum absolute atomic E-state index is 0.388. The van der Waals surface area contributed by atoms with Crippen LogP contribution in [0.1, 0.15) is 25.7 Å². The van der Waals surface area contributed by atoms with Crippen LogP contribution in [0.25, 0.3) is 0 Å². The average Bonchev–Trinajstić information content (AvgIpc) is 2.97. The molecule has 2 aliphatic rings. The molecule has 0 aromatic heterocycles. The van der Waals surface area contributed by atoms with Crippen molar-refractivity contribution in [3.8, 4) is 0 Å². The molecule has 0 aliphatic carbocycles.